The van der Waals surface area contributed by atoms with E-state index in [1.807, 2.05) is 0 Å². The van der Waals surface area contributed by atoms with Crippen molar-refractivity contribution in [2.75, 3.05) is 5.33 Å². The first-order valence-corrected chi connectivity index (χ1v) is 4.36. The molecule has 1 atom stereocenters. The Hall–Kier alpha value is 0.500. The Labute approximate surface area is 66.0 Å². The third kappa shape index (κ3) is 4.65. The van der Waals surface area contributed by atoms with E-state index in [2.05, 4.69) is 31.9 Å². The van der Waals surface area contributed by atoms with Crippen LogP contribution in [-0.2, 0) is 0 Å². The van der Waals surface area contributed by atoms with Crippen molar-refractivity contribution in [2.45, 2.75) is 11.2 Å². The number of halogens is 2. The average Bonchev–Trinajstić information content (AvgIpc) is 1.68. The molecule has 1 N–H and O–H groups in total. The second-order valence-corrected chi connectivity index (χ2v) is 3.30. The van der Waals surface area contributed by atoms with Gasteiger partial charge in [0.15, 0.2) is 0 Å². The van der Waals surface area contributed by atoms with Gasteiger partial charge in [0.1, 0.15) is 0 Å². The zero-order chi connectivity index (χ0) is 6.41. The third-order valence-electron chi connectivity index (χ3n) is 0.680. The molecular formula is C5H8Br2O. The Kier molecular flexibility index (Phi) is 5.99. The molecule has 1 unspecified atom stereocenters. The summed E-state index contributed by atoms with van der Waals surface area (Å²) in [6, 6.07) is 0. The molecule has 48 valence electrons. The van der Waals surface area contributed by atoms with Crippen molar-refractivity contribution in [2.24, 2.45) is 0 Å². The van der Waals surface area contributed by atoms with E-state index >= 15 is 0 Å². The Balaban J connectivity index is 3.17. The first kappa shape index (κ1) is 8.50. The summed E-state index contributed by atoms with van der Waals surface area (Å²) >= 11 is 6.60. The molecule has 8 heavy (non-hydrogen) atoms. The lowest BCUT2D eigenvalue weighted by Gasteiger charge is -1.96. The monoisotopic (exact) mass is 242 g/mol. The number of aliphatic hydroxyl groups excluding tert-OH is 1. The summed E-state index contributed by atoms with van der Waals surface area (Å²) in [6.07, 6.45) is 3.75. The topological polar surface area (TPSA) is 20.2 Å². The predicted molar refractivity (Wildman–Crippen MR) is 42.9 cm³/mol. The molecule has 0 rings (SSSR count). The Morgan fingerprint density at radius 1 is 1.62 bits per heavy atom. The zero-order valence-electron chi connectivity index (χ0n) is 4.35. The first-order chi connectivity index (χ1) is 3.81. The van der Waals surface area contributed by atoms with E-state index in [1.54, 1.807) is 6.08 Å². The van der Waals surface area contributed by atoms with Crippen LogP contribution >= 0.6 is 31.9 Å². The molecule has 0 spiro atoms. The summed E-state index contributed by atoms with van der Waals surface area (Å²) in [7, 11) is 0. The largest absolute Gasteiger partial charge is 0.516 e. The van der Waals surface area contributed by atoms with Crippen LogP contribution in [0.1, 0.15) is 6.42 Å². The molecule has 0 radical (unpaired) electrons. The van der Waals surface area contributed by atoms with Gasteiger partial charge in [-0.3, -0.25) is 0 Å². The van der Waals surface area contributed by atoms with Gasteiger partial charge in [-0.25, -0.2) is 0 Å². The van der Waals surface area contributed by atoms with E-state index in [-0.39, 0.29) is 0 Å². The molecule has 0 heterocycles. The molecule has 0 aliphatic rings. The van der Waals surface area contributed by atoms with E-state index in [0.29, 0.717) is 4.83 Å². The van der Waals surface area contributed by atoms with Gasteiger partial charge in [0.25, 0.3) is 0 Å². The van der Waals surface area contributed by atoms with Gasteiger partial charge in [0.2, 0.25) is 0 Å². The predicted octanol–water partition coefficient (Wildman–Crippen LogP) is 2.61. The molecule has 0 aromatic heterocycles. The van der Waals surface area contributed by atoms with Crippen molar-refractivity contribution < 1.29 is 5.11 Å². The summed E-state index contributed by atoms with van der Waals surface area (Å²) < 4.78 is 0. The number of hydrogen-bond acceptors (Lipinski definition) is 1. The highest BCUT2D eigenvalue weighted by Gasteiger charge is 1.94. The molecule has 0 saturated carbocycles. The highest BCUT2D eigenvalue weighted by atomic mass is 79.9. The van der Waals surface area contributed by atoms with Gasteiger partial charge < -0.3 is 5.11 Å². The fourth-order valence-corrected chi connectivity index (χ4v) is 1.77. The summed E-state index contributed by atoms with van der Waals surface area (Å²) in [5, 5.41) is 9.19. The second-order valence-electron chi connectivity index (χ2n) is 1.34. The lowest BCUT2D eigenvalue weighted by molar-refractivity contribution is 0.471. The maximum Gasteiger partial charge on any atom is 0.0762 e. The number of aliphatic hydroxyl groups is 1. The smallest absolute Gasteiger partial charge is 0.0762 e. The van der Waals surface area contributed by atoms with Gasteiger partial charge >= 0.3 is 0 Å². The molecule has 0 aromatic rings. The molecule has 0 amide bonds. The lowest BCUT2D eigenvalue weighted by Crippen LogP contribution is -1.91. The van der Waals surface area contributed by atoms with Gasteiger partial charge in [0.05, 0.1) is 6.26 Å². The van der Waals surface area contributed by atoms with Gasteiger partial charge in [-0.2, -0.15) is 0 Å². The molecule has 0 saturated heterocycles. The van der Waals surface area contributed by atoms with E-state index in [1.165, 1.54) is 0 Å². The van der Waals surface area contributed by atoms with E-state index in [9.17, 15) is 0 Å². The van der Waals surface area contributed by atoms with Crippen molar-refractivity contribution in [3.63, 3.8) is 0 Å². The molecule has 0 fully saturated rings. The lowest BCUT2D eigenvalue weighted by atomic mass is 10.3. The minimum atomic E-state index is 0.298. The SMILES string of the molecule is OC=CC(Br)CCBr. The Morgan fingerprint density at radius 2 is 2.25 bits per heavy atom. The number of rotatable bonds is 3. The summed E-state index contributed by atoms with van der Waals surface area (Å²) in [4.78, 5) is 0.298. The molecule has 1 nitrogen and oxygen atoms in total. The molecule has 3 heteroatoms. The van der Waals surface area contributed by atoms with Gasteiger partial charge in [0, 0.05) is 10.2 Å². The van der Waals surface area contributed by atoms with Gasteiger partial charge in [-0.15, -0.1) is 0 Å². The van der Waals surface area contributed by atoms with Crippen LogP contribution in [0, 0.1) is 0 Å². The maximum absolute atomic E-state index is 8.24. The van der Waals surface area contributed by atoms with E-state index < -0.39 is 0 Å². The minimum Gasteiger partial charge on any atom is -0.516 e. The van der Waals surface area contributed by atoms with Crippen LogP contribution in [0.4, 0.5) is 0 Å². The van der Waals surface area contributed by atoms with Crippen LogP contribution in [0.3, 0.4) is 0 Å². The summed E-state index contributed by atoms with van der Waals surface area (Å²) in [6.45, 7) is 0. The van der Waals surface area contributed by atoms with Crippen LogP contribution in [-0.4, -0.2) is 15.3 Å². The first-order valence-electron chi connectivity index (χ1n) is 2.32. The average molecular weight is 244 g/mol. The van der Waals surface area contributed by atoms with Crippen LogP contribution in [0.25, 0.3) is 0 Å². The highest BCUT2D eigenvalue weighted by molar-refractivity contribution is 9.10. The molecule has 0 bridgehead atoms. The summed E-state index contributed by atoms with van der Waals surface area (Å²) in [5.41, 5.74) is 0. The number of alkyl halides is 2. The number of hydrogen-bond donors (Lipinski definition) is 1. The third-order valence-corrected chi connectivity index (χ3v) is 1.90. The van der Waals surface area contributed by atoms with E-state index in [0.717, 1.165) is 18.0 Å². The van der Waals surface area contributed by atoms with Crippen molar-refractivity contribution in [1.82, 2.24) is 0 Å². The van der Waals surface area contributed by atoms with E-state index in [4.69, 9.17) is 5.11 Å². The molecule has 0 aliphatic heterocycles. The van der Waals surface area contributed by atoms with Crippen molar-refractivity contribution in [1.29, 1.82) is 0 Å². The second kappa shape index (κ2) is 5.63. The highest BCUT2D eigenvalue weighted by Crippen LogP contribution is 2.07. The van der Waals surface area contributed by atoms with Gasteiger partial charge in [-0.1, -0.05) is 31.9 Å². The van der Waals surface area contributed by atoms with Crippen molar-refractivity contribution >= 4 is 31.9 Å². The van der Waals surface area contributed by atoms with Crippen molar-refractivity contribution in [3.05, 3.63) is 12.3 Å². The standard InChI is InChI=1S/C5H8Br2O/c6-3-1-5(7)2-4-8/h2,4-5,8H,1,3H2. The maximum atomic E-state index is 8.24. The quantitative estimate of drug-likeness (QED) is 0.597. The Morgan fingerprint density at radius 3 is 2.62 bits per heavy atom. The fourth-order valence-electron chi connectivity index (χ4n) is 0.294. The minimum absolute atomic E-state index is 0.298. The number of allylic oxidation sites excluding steroid dienone is 1. The van der Waals surface area contributed by atoms with Crippen molar-refractivity contribution in [3.8, 4) is 0 Å². The summed E-state index contributed by atoms with van der Waals surface area (Å²) in [5.74, 6) is 0. The van der Waals surface area contributed by atoms with Gasteiger partial charge in [-0.05, 0) is 12.5 Å². The van der Waals surface area contributed by atoms with Crippen LogP contribution < -0.4 is 0 Å². The van der Waals surface area contributed by atoms with Crippen LogP contribution in [0.5, 0.6) is 0 Å². The molecule has 0 aromatic carbocycles. The zero-order valence-corrected chi connectivity index (χ0v) is 7.52. The molecule has 0 aliphatic carbocycles. The molecular weight excluding hydrogens is 236 g/mol. The fraction of sp³-hybridized carbons (Fsp3) is 0.600. The Bertz CT molecular complexity index is 72.8. The normalized spacial score (nSPS) is 14.8. The van der Waals surface area contributed by atoms with Crippen LogP contribution in [0.2, 0.25) is 0 Å². The van der Waals surface area contributed by atoms with Crippen LogP contribution in [0.15, 0.2) is 12.3 Å².